The molecule has 0 bridgehead atoms. The van der Waals surface area contributed by atoms with Crippen LogP contribution in [0.25, 0.3) is 0 Å². The first-order valence-corrected chi connectivity index (χ1v) is 17.1. The van der Waals surface area contributed by atoms with Crippen LogP contribution in [0.4, 0.5) is 0 Å². The van der Waals surface area contributed by atoms with E-state index < -0.39 is 33.9 Å². The molecule has 0 radical (unpaired) electrons. The van der Waals surface area contributed by atoms with Crippen LogP contribution in [0, 0.1) is 0 Å². The molecule has 0 rings (SSSR count). The summed E-state index contributed by atoms with van der Waals surface area (Å²) in [5, 5.41) is 23.6. The quantitative estimate of drug-likeness (QED) is 0.0424. The van der Waals surface area contributed by atoms with Gasteiger partial charge in [0.1, 0.15) is 0 Å². The van der Waals surface area contributed by atoms with E-state index in [0.717, 1.165) is 6.54 Å². The van der Waals surface area contributed by atoms with Gasteiger partial charge in [-0.2, -0.15) is 0 Å². The summed E-state index contributed by atoms with van der Waals surface area (Å²) in [5.74, 6) is -3.47. The zero-order chi connectivity index (χ0) is 35.7. The van der Waals surface area contributed by atoms with E-state index in [1.54, 1.807) is 0 Å². The van der Waals surface area contributed by atoms with Crippen molar-refractivity contribution >= 4 is 33.7 Å². The van der Waals surface area contributed by atoms with E-state index in [1.807, 2.05) is 20.9 Å². The number of carbonyl (C=O) groups excluding carboxylic acids is 1. The van der Waals surface area contributed by atoms with Gasteiger partial charge in [-0.05, 0) is 14.1 Å². The minimum atomic E-state index is -4.51. The molecule has 0 aliphatic heterocycles. The zero-order valence-electron chi connectivity index (χ0n) is 28.0. The fourth-order valence-electron chi connectivity index (χ4n) is 2.45. The SMILES string of the molecule is CC.CCl.CNC(CS(=O)(=O)[O-])C(=O)[O-].CNCCOCCOCCOCCOCCOCCOCCOCCOCCC(=O)O. The molecular weight excluding hydrogens is 660 g/mol. The van der Waals surface area contributed by atoms with Crippen LogP contribution in [-0.4, -0.2) is 175 Å². The normalized spacial score (nSPS) is 11.3. The largest absolute Gasteiger partial charge is 0.748 e. The lowest BCUT2D eigenvalue weighted by molar-refractivity contribution is -0.307. The number of hydrogen-bond donors (Lipinski definition) is 3. The molecule has 0 fully saturated rings. The summed E-state index contributed by atoms with van der Waals surface area (Å²) in [6.07, 6.45) is 1.48. The van der Waals surface area contributed by atoms with Crippen LogP contribution >= 0.6 is 11.6 Å². The summed E-state index contributed by atoms with van der Waals surface area (Å²) >= 11 is 4.64. The molecule has 0 heterocycles. The number of rotatable bonds is 31. The Morgan fingerprint density at radius 2 is 0.935 bits per heavy atom. The molecule has 1 unspecified atom stereocenters. The minimum absolute atomic E-state index is 0.00579. The van der Waals surface area contributed by atoms with Crippen molar-refractivity contribution in [3.8, 4) is 0 Å². The maximum absolute atomic E-state index is 10.3. The van der Waals surface area contributed by atoms with Gasteiger partial charge in [0.2, 0.25) is 0 Å². The fraction of sp³-hybridized carbons (Fsp3) is 0.926. The molecule has 1 atom stereocenters. The van der Waals surface area contributed by atoms with Gasteiger partial charge in [-0.25, -0.2) is 8.42 Å². The number of nitrogens with one attached hydrogen (secondary N) is 2. The lowest BCUT2D eigenvalue weighted by Crippen LogP contribution is -2.47. The molecule has 0 aromatic rings. The van der Waals surface area contributed by atoms with Crippen LogP contribution in [0.15, 0.2) is 0 Å². The molecule has 17 nitrogen and oxygen atoms in total. The first-order chi connectivity index (χ1) is 22.1. The number of hydrogen-bond acceptors (Lipinski definition) is 16. The first kappa shape index (κ1) is 51.6. The molecule has 280 valence electrons. The standard InChI is InChI=1S/C20H41NO10.C4H9NO5S.C2H6.CH3Cl/c1-21-3-5-25-7-9-27-11-13-29-15-17-31-19-18-30-16-14-28-12-10-26-8-6-24-4-2-20(22)23;1-5-3(4(6)7)2-11(8,9)10;2*1-2/h21H,2-19H2,1H3,(H,22,23);3,5H,2H2,1H3,(H,6,7)(H,8,9,10);1-2H3;1H3/p-2. The molecule has 3 N–H and O–H groups in total. The number of halogens is 1. The smallest absolute Gasteiger partial charge is 0.305 e. The van der Waals surface area contributed by atoms with Gasteiger partial charge in [0.05, 0.1) is 140 Å². The third kappa shape index (κ3) is 52.3. The van der Waals surface area contributed by atoms with Crippen molar-refractivity contribution in [2.24, 2.45) is 0 Å². The summed E-state index contributed by atoms with van der Waals surface area (Å²) in [6, 6.07) is -1.43. The summed E-state index contributed by atoms with van der Waals surface area (Å²) in [7, 11) is -1.40. The molecule has 0 spiro atoms. The molecule has 0 aliphatic carbocycles. The third-order valence-corrected chi connectivity index (χ3v) is 5.31. The van der Waals surface area contributed by atoms with Gasteiger partial charge in [-0.1, -0.05) is 13.8 Å². The van der Waals surface area contributed by atoms with Gasteiger partial charge in [-0.15, -0.1) is 11.6 Å². The van der Waals surface area contributed by atoms with E-state index >= 15 is 0 Å². The van der Waals surface area contributed by atoms with Crippen molar-refractivity contribution in [1.82, 2.24) is 10.6 Å². The van der Waals surface area contributed by atoms with Crippen molar-refractivity contribution in [3.63, 3.8) is 0 Å². The van der Waals surface area contributed by atoms with Crippen molar-refractivity contribution in [2.45, 2.75) is 26.3 Å². The summed E-state index contributed by atoms with van der Waals surface area (Å²) in [6.45, 7) is 12.7. The maximum Gasteiger partial charge on any atom is 0.305 e. The van der Waals surface area contributed by atoms with Crippen LogP contribution in [0.3, 0.4) is 0 Å². The van der Waals surface area contributed by atoms with Crippen LogP contribution in [0.2, 0.25) is 0 Å². The second-order valence-electron chi connectivity index (χ2n) is 8.03. The Labute approximate surface area is 279 Å². The highest BCUT2D eigenvalue weighted by molar-refractivity contribution is 7.85. The van der Waals surface area contributed by atoms with Crippen LogP contribution in [-0.2, 0) is 57.6 Å². The lowest BCUT2D eigenvalue weighted by atomic mass is 10.3. The Kier molecular flexibility index (Phi) is 49.0. The van der Waals surface area contributed by atoms with E-state index in [2.05, 4.69) is 22.2 Å². The number of aliphatic carboxylic acids is 2. The second-order valence-corrected chi connectivity index (χ2v) is 9.48. The predicted octanol–water partition coefficient (Wildman–Crippen LogP) is -1.44. The number of carboxylic acids is 2. The number of carboxylic acid groups (broad SMARTS) is 2. The van der Waals surface area contributed by atoms with Crippen molar-refractivity contribution < 1.29 is 70.7 Å². The monoisotopic (exact) mass is 716 g/mol. The first-order valence-electron chi connectivity index (χ1n) is 14.8. The Bertz CT molecular complexity index is 725. The van der Waals surface area contributed by atoms with Crippen molar-refractivity contribution in [3.05, 3.63) is 0 Å². The average molecular weight is 717 g/mol. The molecule has 0 saturated heterocycles. The number of alkyl halides is 1. The van der Waals surface area contributed by atoms with Crippen LogP contribution in [0.1, 0.15) is 20.3 Å². The van der Waals surface area contributed by atoms with E-state index in [9.17, 15) is 27.7 Å². The lowest BCUT2D eigenvalue weighted by Gasteiger charge is -2.18. The number of ether oxygens (including phenoxy) is 8. The molecule has 46 heavy (non-hydrogen) atoms. The van der Waals surface area contributed by atoms with Crippen molar-refractivity contribution in [2.75, 3.05) is 138 Å². The van der Waals surface area contributed by atoms with Gasteiger partial charge >= 0.3 is 5.97 Å². The van der Waals surface area contributed by atoms with E-state index in [4.69, 9.17) is 43.0 Å². The molecule has 0 aromatic heterocycles. The van der Waals surface area contributed by atoms with Gasteiger partial charge in [0, 0.05) is 12.9 Å². The average Bonchev–Trinajstić information content (AvgIpc) is 3.03. The minimum Gasteiger partial charge on any atom is -0.748 e. The Morgan fingerprint density at radius 3 is 1.13 bits per heavy atom. The second kappa shape index (κ2) is 43.7. The number of carbonyl (C=O) groups is 2. The Balaban J connectivity index is -0.000000490. The van der Waals surface area contributed by atoms with Crippen molar-refractivity contribution in [1.29, 1.82) is 0 Å². The van der Waals surface area contributed by atoms with E-state index in [-0.39, 0.29) is 13.0 Å². The Hall–Kier alpha value is -1.26. The highest BCUT2D eigenvalue weighted by Gasteiger charge is 2.10. The zero-order valence-corrected chi connectivity index (χ0v) is 29.5. The highest BCUT2D eigenvalue weighted by atomic mass is 35.5. The van der Waals surface area contributed by atoms with Crippen LogP contribution in [0.5, 0.6) is 0 Å². The predicted molar refractivity (Wildman–Crippen MR) is 168 cm³/mol. The molecule has 0 aromatic carbocycles. The molecule has 19 heteroatoms. The topological polar surface area (TPSA) is 233 Å². The van der Waals surface area contributed by atoms with E-state index in [0.29, 0.717) is 99.1 Å². The Morgan fingerprint density at radius 1 is 0.652 bits per heavy atom. The molecule has 0 aliphatic rings. The van der Waals surface area contributed by atoms with Crippen LogP contribution < -0.4 is 15.7 Å². The highest BCUT2D eigenvalue weighted by Crippen LogP contribution is 1.88. The molecular formula is C27H57ClN2O15S-2. The fourth-order valence-corrected chi connectivity index (χ4v) is 3.16. The van der Waals surface area contributed by atoms with Gasteiger partial charge in [0.25, 0.3) is 0 Å². The third-order valence-electron chi connectivity index (χ3n) is 4.56. The molecule has 0 saturated carbocycles. The number of likely N-dealkylation sites (N-methyl/N-ethyl adjacent to an activating group) is 2. The van der Waals surface area contributed by atoms with Gasteiger partial charge < -0.3 is 68.1 Å². The summed E-state index contributed by atoms with van der Waals surface area (Å²) in [4.78, 5) is 20.3. The summed E-state index contributed by atoms with van der Waals surface area (Å²) in [5.41, 5.74) is 0. The van der Waals surface area contributed by atoms with Gasteiger partial charge in [-0.3, -0.25) is 4.79 Å². The summed E-state index contributed by atoms with van der Waals surface area (Å²) < 4.78 is 72.7. The molecule has 0 amide bonds. The maximum atomic E-state index is 10.3. The van der Waals surface area contributed by atoms with E-state index in [1.165, 1.54) is 13.4 Å². The van der Waals surface area contributed by atoms with Gasteiger partial charge in [0.15, 0.2) is 0 Å².